The minimum atomic E-state index is -0.317. The van der Waals surface area contributed by atoms with E-state index in [1.807, 2.05) is 18.4 Å². The molecule has 0 saturated carbocycles. The van der Waals surface area contributed by atoms with Crippen LogP contribution in [-0.4, -0.2) is 14.5 Å². The first-order valence-electron chi connectivity index (χ1n) is 6.25. The molecule has 1 atom stereocenters. The predicted molar refractivity (Wildman–Crippen MR) is 74.3 cm³/mol. The van der Waals surface area contributed by atoms with Crippen LogP contribution >= 0.6 is 11.6 Å². The van der Waals surface area contributed by atoms with Gasteiger partial charge in [-0.3, -0.25) is 0 Å². The number of halogens is 2. The predicted octanol–water partition coefficient (Wildman–Crippen LogP) is 3.82. The summed E-state index contributed by atoms with van der Waals surface area (Å²) in [5.41, 5.74) is 1.39. The number of nitrogens with zero attached hydrogens (tertiary/aromatic N) is 3. The monoisotopic (exact) mass is 293 g/mol. The maximum Gasteiger partial charge on any atom is 0.217 e. The lowest BCUT2D eigenvalue weighted by Gasteiger charge is -2.13. The number of hydrogen-bond acceptors (Lipinski definition) is 3. The fourth-order valence-electron chi connectivity index (χ4n) is 2.32. The van der Waals surface area contributed by atoms with Crippen LogP contribution < -0.4 is 0 Å². The molecule has 0 aliphatic carbocycles. The molecule has 4 nitrogen and oxygen atoms in total. The van der Waals surface area contributed by atoms with E-state index < -0.39 is 0 Å². The van der Waals surface area contributed by atoms with Gasteiger partial charge in [-0.05, 0) is 26.0 Å². The number of hydrogen-bond donors (Lipinski definition) is 0. The van der Waals surface area contributed by atoms with E-state index in [0.29, 0.717) is 17.2 Å². The molecule has 0 N–H and O–H groups in total. The van der Waals surface area contributed by atoms with Crippen molar-refractivity contribution in [2.24, 2.45) is 0 Å². The Morgan fingerprint density at radius 3 is 2.90 bits per heavy atom. The highest BCUT2D eigenvalue weighted by atomic mass is 35.5. The third kappa shape index (κ3) is 2.08. The molecular formula is C14H13ClFN3O. The molecule has 0 radical (unpaired) electrons. The van der Waals surface area contributed by atoms with Gasteiger partial charge >= 0.3 is 0 Å². The zero-order valence-corrected chi connectivity index (χ0v) is 11.9. The van der Waals surface area contributed by atoms with Crippen LogP contribution in [0.25, 0.3) is 11.0 Å². The van der Waals surface area contributed by atoms with Crippen LogP contribution in [0.3, 0.4) is 0 Å². The smallest absolute Gasteiger partial charge is 0.217 e. The summed E-state index contributed by atoms with van der Waals surface area (Å²) in [6.45, 7) is 3.79. The fraction of sp³-hybridized carbons (Fsp3) is 0.286. The third-order valence-electron chi connectivity index (χ3n) is 3.23. The molecule has 3 aromatic rings. The molecule has 0 bridgehead atoms. The van der Waals surface area contributed by atoms with Gasteiger partial charge in [0.05, 0.1) is 23.1 Å². The zero-order valence-electron chi connectivity index (χ0n) is 11.1. The van der Waals surface area contributed by atoms with Crippen molar-refractivity contribution >= 4 is 22.6 Å². The number of benzene rings is 1. The van der Waals surface area contributed by atoms with Gasteiger partial charge in [-0.1, -0.05) is 0 Å². The summed E-state index contributed by atoms with van der Waals surface area (Å²) in [6.07, 6.45) is 1.67. The van der Waals surface area contributed by atoms with Crippen LogP contribution in [0.4, 0.5) is 4.39 Å². The summed E-state index contributed by atoms with van der Waals surface area (Å²) in [7, 11) is 0. The van der Waals surface area contributed by atoms with E-state index in [9.17, 15) is 4.39 Å². The van der Waals surface area contributed by atoms with Crippen LogP contribution in [0, 0.1) is 12.7 Å². The lowest BCUT2D eigenvalue weighted by Crippen LogP contribution is -2.10. The van der Waals surface area contributed by atoms with Gasteiger partial charge in [0.1, 0.15) is 23.4 Å². The summed E-state index contributed by atoms with van der Waals surface area (Å²) in [5.74, 6) is 1.91. The van der Waals surface area contributed by atoms with E-state index in [1.54, 1.807) is 12.3 Å². The summed E-state index contributed by atoms with van der Waals surface area (Å²) >= 11 is 5.95. The van der Waals surface area contributed by atoms with Crippen LogP contribution in [0.2, 0.25) is 0 Å². The second kappa shape index (κ2) is 4.90. The molecule has 2 aromatic heterocycles. The average Bonchev–Trinajstić information content (AvgIpc) is 3.00. The van der Waals surface area contributed by atoms with Crippen molar-refractivity contribution < 1.29 is 8.81 Å². The first kappa shape index (κ1) is 13.1. The number of oxazole rings is 1. The Morgan fingerprint density at radius 2 is 2.25 bits per heavy atom. The summed E-state index contributed by atoms with van der Waals surface area (Å²) in [4.78, 5) is 8.61. The molecule has 0 saturated heterocycles. The van der Waals surface area contributed by atoms with Crippen molar-refractivity contribution in [2.75, 3.05) is 0 Å². The van der Waals surface area contributed by atoms with Gasteiger partial charge in [0.2, 0.25) is 5.89 Å². The molecule has 1 aromatic carbocycles. The van der Waals surface area contributed by atoms with Crippen molar-refractivity contribution in [3.05, 3.63) is 47.7 Å². The quantitative estimate of drug-likeness (QED) is 0.690. The molecule has 1 unspecified atom stereocenters. The van der Waals surface area contributed by atoms with Crippen LogP contribution in [0.5, 0.6) is 0 Å². The normalized spacial score (nSPS) is 13.0. The highest BCUT2D eigenvalue weighted by Gasteiger charge is 2.20. The Kier molecular flexibility index (Phi) is 3.22. The lowest BCUT2D eigenvalue weighted by molar-refractivity contribution is 0.415. The second-order valence-electron chi connectivity index (χ2n) is 4.65. The number of rotatable bonds is 3. The SMILES string of the molecule is Cc1cnc(C(C)n2c(CCl)nc3cc(F)ccc32)o1. The summed E-state index contributed by atoms with van der Waals surface area (Å²) in [5, 5.41) is 0. The van der Waals surface area contributed by atoms with E-state index in [1.165, 1.54) is 12.1 Å². The van der Waals surface area contributed by atoms with Crippen molar-refractivity contribution in [3.63, 3.8) is 0 Å². The Morgan fingerprint density at radius 1 is 1.45 bits per heavy atom. The van der Waals surface area contributed by atoms with Gasteiger partial charge < -0.3 is 8.98 Å². The maximum atomic E-state index is 13.3. The maximum absolute atomic E-state index is 13.3. The van der Waals surface area contributed by atoms with E-state index in [-0.39, 0.29) is 17.7 Å². The molecule has 0 aliphatic heterocycles. The zero-order chi connectivity index (χ0) is 14.3. The topological polar surface area (TPSA) is 43.9 Å². The van der Waals surface area contributed by atoms with Crippen molar-refractivity contribution in [1.29, 1.82) is 0 Å². The Labute approximate surface area is 120 Å². The first-order chi connectivity index (χ1) is 9.60. The van der Waals surface area contributed by atoms with Crippen LogP contribution in [0.15, 0.2) is 28.8 Å². The summed E-state index contributed by atoms with van der Waals surface area (Å²) < 4.78 is 20.8. The second-order valence-corrected chi connectivity index (χ2v) is 4.92. The van der Waals surface area contributed by atoms with E-state index >= 15 is 0 Å². The number of alkyl halides is 1. The first-order valence-corrected chi connectivity index (χ1v) is 6.78. The van der Waals surface area contributed by atoms with Gasteiger partial charge in [0, 0.05) is 6.07 Å². The Bertz CT molecular complexity index is 765. The number of imidazole rings is 1. The van der Waals surface area contributed by atoms with E-state index in [2.05, 4.69) is 9.97 Å². The standard InChI is InChI=1S/C14H13ClFN3O/c1-8-7-17-14(20-8)9(2)19-12-4-3-10(16)5-11(12)18-13(19)6-15/h3-5,7,9H,6H2,1-2H3. The molecule has 2 heterocycles. The molecule has 0 fully saturated rings. The van der Waals surface area contributed by atoms with Gasteiger partial charge in [0.15, 0.2) is 0 Å². The van der Waals surface area contributed by atoms with E-state index in [4.69, 9.17) is 16.0 Å². The van der Waals surface area contributed by atoms with E-state index in [0.717, 1.165) is 11.3 Å². The largest absolute Gasteiger partial charge is 0.444 e. The fourth-order valence-corrected chi connectivity index (χ4v) is 2.51. The molecule has 104 valence electrons. The van der Waals surface area contributed by atoms with Crippen molar-refractivity contribution in [3.8, 4) is 0 Å². The third-order valence-corrected chi connectivity index (χ3v) is 3.47. The van der Waals surface area contributed by atoms with Gasteiger partial charge in [0.25, 0.3) is 0 Å². The number of fused-ring (bicyclic) bond motifs is 1. The molecule has 0 aliphatic rings. The number of aryl methyl sites for hydroxylation is 1. The van der Waals surface area contributed by atoms with Gasteiger partial charge in [-0.15, -0.1) is 11.6 Å². The highest BCUT2D eigenvalue weighted by molar-refractivity contribution is 6.16. The van der Waals surface area contributed by atoms with Crippen molar-refractivity contribution in [2.45, 2.75) is 25.8 Å². The molecule has 3 rings (SSSR count). The molecule has 6 heteroatoms. The van der Waals surface area contributed by atoms with Crippen molar-refractivity contribution in [1.82, 2.24) is 14.5 Å². The Balaban J connectivity index is 2.18. The molecule has 0 spiro atoms. The van der Waals surface area contributed by atoms with Crippen LogP contribution in [-0.2, 0) is 5.88 Å². The highest BCUT2D eigenvalue weighted by Crippen LogP contribution is 2.27. The summed E-state index contributed by atoms with van der Waals surface area (Å²) in [6, 6.07) is 4.34. The average molecular weight is 294 g/mol. The molecular weight excluding hydrogens is 281 g/mol. The van der Waals surface area contributed by atoms with Gasteiger partial charge in [-0.25, -0.2) is 14.4 Å². The minimum Gasteiger partial charge on any atom is -0.444 e. The van der Waals surface area contributed by atoms with Crippen LogP contribution in [0.1, 0.15) is 30.4 Å². The van der Waals surface area contributed by atoms with Gasteiger partial charge in [-0.2, -0.15) is 0 Å². The molecule has 0 amide bonds. The lowest BCUT2D eigenvalue weighted by atomic mass is 10.2. The minimum absolute atomic E-state index is 0.159. The molecule has 20 heavy (non-hydrogen) atoms. The number of aromatic nitrogens is 3. The Hall–Kier alpha value is -1.88.